The number of rotatable bonds is 3. The summed E-state index contributed by atoms with van der Waals surface area (Å²) < 4.78 is 6.09. The van der Waals surface area contributed by atoms with E-state index >= 15 is 0 Å². The lowest BCUT2D eigenvalue weighted by Gasteiger charge is -2.02. The minimum absolute atomic E-state index is 0.248. The van der Waals surface area contributed by atoms with Crippen LogP contribution in [0.15, 0.2) is 30.3 Å². The Morgan fingerprint density at radius 1 is 1.30 bits per heavy atom. The van der Waals surface area contributed by atoms with Crippen LogP contribution in [0.4, 0.5) is 5.13 Å². The number of pyridine rings is 1. The van der Waals surface area contributed by atoms with Gasteiger partial charge in [-0.05, 0) is 37.3 Å². The third-order valence-corrected chi connectivity index (χ3v) is 4.19. The van der Waals surface area contributed by atoms with Crippen LogP contribution in [0.5, 0.6) is 5.75 Å². The van der Waals surface area contributed by atoms with Crippen molar-refractivity contribution in [2.24, 2.45) is 0 Å². The fourth-order valence-electron chi connectivity index (χ4n) is 2.05. The Morgan fingerprint density at radius 3 is 2.83 bits per heavy atom. The maximum absolute atomic E-state index is 12.3. The summed E-state index contributed by atoms with van der Waals surface area (Å²) >= 11 is 1.36. The van der Waals surface area contributed by atoms with Crippen molar-refractivity contribution >= 4 is 32.6 Å². The fourth-order valence-corrected chi connectivity index (χ4v) is 2.94. The number of anilines is 1. The monoisotopic (exact) mass is 324 g/mol. The second-order valence-corrected chi connectivity index (χ2v) is 5.78. The van der Waals surface area contributed by atoms with Crippen LogP contribution in [0.1, 0.15) is 21.7 Å². The summed E-state index contributed by atoms with van der Waals surface area (Å²) in [4.78, 5) is 20.8. The first-order valence-corrected chi connectivity index (χ1v) is 7.56. The minimum Gasteiger partial charge on any atom is -0.497 e. The second kappa shape index (κ2) is 6.02. The van der Waals surface area contributed by atoms with Crippen molar-refractivity contribution in [1.29, 1.82) is 5.26 Å². The number of methoxy groups -OCH3 is 1. The molecule has 0 saturated carbocycles. The number of hydrogen-bond donors (Lipinski definition) is 1. The molecule has 3 rings (SSSR count). The largest absolute Gasteiger partial charge is 0.497 e. The van der Waals surface area contributed by atoms with Gasteiger partial charge in [0.05, 0.1) is 28.6 Å². The summed E-state index contributed by atoms with van der Waals surface area (Å²) in [5.74, 6) is 0.382. The van der Waals surface area contributed by atoms with E-state index in [2.05, 4.69) is 15.3 Å². The lowest BCUT2D eigenvalue weighted by molar-refractivity contribution is 0.102. The zero-order valence-corrected chi connectivity index (χ0v) is 13.3. The second-order valence-electron chi connectivity index (χ2n) is 4.75. The summed E-state index contributed by atoms with van der Waals surface area (Å²) in [5, 5.41) is 12.1. The lowest BCUT2D eigenvalue weighted by atomic mass is 10.2. The van der Waals surface area contributed by atoms with Gasteiger partial charge in [0.15, 0.2) is 5.13 Å². The van der Waals surface area contributed by atoms with Crippen LogP contribution < -0.4 is 10.1 Å². The van der Waals surface area contributed by atoms with Gasteiger partial charge in [0, 0.05) is 0 Å². The van der Waals surface area contributed by atoms with E-state index < -0.39 is 0 Å². The highest BCUT2D eigenvalue weighted by atomic mass is 32.1. The van der Waals surface area contributed by atoms with Gasteiger partial charge in [-0.15, -0.1) is 0 Å². The number of ether oxygens (including phenoxy) is 1. The van der Waals surface area contributed by atoms with Crippen LogP contribution in [0.2, 0.25) is 0 Å². The Kier molecular flexibility index (Phi) is 3.91. The molecule has 6 nitrogen and oxygen atoms in total. The number of aromatic nitrogens is 2. The predicted molar refractivity (Wildman–Crippen MR) is 87.8 cm³/mol. The predicted octanol–water partition coefficient (Wildman–Crippen LogP) is 3.13. The normalized spacial score (nSPS) is 10.3. The smallest absolute Gasteiger partial charge is 0.276 e. The number of nitrogens with zero attached hydrogens (tertiary/aromatic N) is 3. The molecule has 114 valence electrons. The van der Waals surface area contributed by atoms with E-state index in [1.54, 1.807) is 20.1 Å². The van der Waals surface area contributed by atoms with Gasteiger partial charge >= 0.3 is 0 Å². The number of carbonyl (C=O) groups is 1. The molecule has 0 aliphatic heterocycles. The molecule has 3 aromatic rings. The molecule has 0 atom stereocenters. The molecule has 0 aliphatic carbocycles. The van der Waals surface area contributed by atoms with Gasteiger partial charge < -0.3 is 4.74 Å². The van der Waals surface area contributed by atoms with Gasteiger partial charge in [-0.2, -0.15) is 5.26 Å². The Bertz CT molecular complexity index is 943. The fraction of sp³-hybridized carbons (Fsp3) is 0.125. The van der Waals surface area contributed by atoms with E-state index in [4.69, 9.17) is 10.00 Å². The van der Waals surface area contributed by atoms with Crippen molar-refractivity contribution in [3.8, 4) is 11.8 Å². The zero-order chi connectivity index (χ0) is 16.4. The number of amides is 1. The Hall–Kier alpha value is -2.98. The van der Waals surface area contributed by atoms with Crippen molar-refractivity contribution in [2.45, 2.75) is 6.92 Å². The highest BCUT2D eigenvalue weighted by Gasteiger charge is 2.13. The van der Waals surface area contributed by atoms with Crippen LogP contribution in [-0.4, -0.2) is 23.0 Å². The molecule has 0 saturated heterocycles. The van der Waals surface area contributed by atoms with Crippen LogP contribution >= 0.6 is 11.3 Å². The number of nitriles is 1. The first-order chi connectivity index (χ1) is 11.1. The molecule has 0 spiro atoms. The standard InChI is InChI=1S/C16H12N4O2S/c1-9-10(8-17)3-5-13(18-9)15(21)20-16-19-12-6-4-11(22-2)7-14(12)23-16/h3-7H,1-2H3,(H,19,20,21). The molecule has 7 heteroatoms. The summed E-state index contributed by atoms with van der Waals surface area (Å²) in [7, 11) is 1.60. The van der Waals surface area contributed by atoms with Crippen molar-refractivity contribution in [3.05, 3.63) is 47.3 Å². The molecule has 0 bridgehead atoms. The number of thiazole rings is 1. The van der Waals surface area contributed by atoms with Gasteiger partial charge in [0.25, 0.3) is 5.91 Å². The molecule has 2 aromatic heterocycles. The minimum atomic E-state index is -0.358. The quantitative estimate of drug-likeness (QED) is 0.799. The zero-order valence-electron chi connectivity index (χ0n) is 12.5. The average molecular weight is 324 g/mol. The number of carbonyl (C=O) groups excluding carboxylic acids is 1. The van der Waals surface area contributed by atoms with Crippen molar-refractivity contribution < 1.29 is 9.53 Å². The molecule has 0 aliphatic rings. The molecular formula is C16H12N4O2S. The van der Waals surface area contributed by atoms with Gasteiger partial charge in [-0.3, -0.25) is 10.1 Å². The average Bonchev–Trinajstić information content (AvgIpc) is 2.95. The molecule has 1 N–H and O–H groups in total. The SMILES string of the molecule is COc1ccc2nc(NC(=O)c3ccc(C#N)c(C)n3)sc2c1. The van der Waals surface area contributed by atoms with E-state index in [1.807, 2.05) is 24.3 Å². The van der Waals surface area contributed by atoms with Gasteiger partial charge in [0.2, 0.25) is 0 Å². The first-order valence-electron chi connectivity index (χ1n) is 6.74. The lowest BCUT2D eigenvalue weighted by Crippen LogP contribution is -2.14. The maximum atomic E-state index is 12.3. The molecule has 2 heterocycles. The molecule has 1 amide bonds. The molecular weight excluding hydrogens is 312 g/mol. The van der Waals surface area contributed by atoms with Crippen molar-refractivity contribution in [2.75, 3.05) is 12.4 Å². The number of nitrogens with one attached hydrogen (secondary N) is 1. The summed E-state index contributed by atoms with van der Waals surface area (Å²) in [5.41, 5.74) is 2.01. The Labute approximate surface area is 136 Å². The summed E-state index contributed by atoms with van der Waals surface area (Å²) in [6.07, 6.45) is 0. The number of aryl methyl sites for hydroxylation is 1. The third-order valence-electron chi connectivity index (χ3n) is 3.25. The van der Waals surface area contributed by atoms with E-state index in [9.17, 15) is 4.79 Å². The van der Waals surface area contributed by atoms with Crippen molar-refractivity contribution in [3.63, 3.8) is 0 Å². The molecule has 0 radical (unpaired) electrons. The van der Waals surface area contributed by atoms with Gasteiger partial charge in [0.1, 0.15) is 17.5 Å². The topological polar surface area (TPSA) is 87.9 Å². The Balaban J connectivity index is 1.85. The van der Waals surface area contributed by atoms with Crippen LogP contribution in [0.3, 0.4) is 0 Å². The third kappa shape index (κ3) is 2.98. The number of benzene rings is 1. The maximum Gasteiger partial charge on any atom is 0.276 e. The van der Waals surface area contributed by atoms with Gasteiger partial charge in [-0.25, -0.2) is 9.97 Å². The van der Waals surface area contributed by atoms with Crippen LogP contribution in [0, 0.1) is 18.3 Å². The highest BCUT2D eigenvalue weighted by molar-refractivity contribution is 7.22. The van der Waals surface area contributed by atoms with Crippen LogP contribution in [0.25, 0.3) is 10.2 Å². The van der Waals surface area contributed by atoms with E-state index in [0.29, 0.717) is 16.4 Å². The Morgan fingerprint density at radius 2 is 2.13 bits per heavy atom. The number of hydrogen-bond acceptors (Lipinski definition) is 6. The van der Waals surface area contributed by atoms with Gasteiger partial charge in [-0.1, -0.05) is 11.3 Å². The summed E-state index contributed by atoms with van der Waals surface area (Å²) in [6.45, 7) is 1.69. The first kappa shape index (κ1) is 14.9. The molecule has 23 heavy (non-hydrogen) atoms. The van der Waals surface area contributed by atoms with Crippen LogP contribution in [-0.2, 0) is 0 Å². The van der Waals surface area contributed by atoms with E-state index in [-0.39, 0.29) is 11.6 Å². The highest BCUT2D eigenvalue weighted by Crippen LogP contribution is 2.29. The van der Waals surface area contributed by atoms with Crippen molar-refractivity contribution in [1.82, 2.24) is 9.97 Å². The van der Waals surface area contributed by atoms with E-state index in [1.165, 1.54) is 17.4 Å². The molecule has 1 aromatic carbocycles. The molecule has 0 unspecified atom stereocenters. The van der Waals surface area contributed by atoms with E-state index in [0.717, 1.165) is 16.0 Å². The summed E-state index contributed by atoms with van der Waals surface area (Å²) in [6, 6.07) is 10.7. The number of fused-ring (bicyclic) bond motifs is 1. The molecule has 0 fully saturated rings.